The van der Waals surface area contributed by atoms with Gasteiger partial charge in [0.2, 0.25) is 29.5 Å². The first-order valence-corrected chi connectivity index (χ1v) is 27.4. The fourth-order valence-electron chi connectivity index (χ4n) is 6.99. The van der Waals surface area contributed by atoms with E-state index in [1.165, 1.54) is 44.9 Å². The number of hydrogen-bond donors (Lipinski definition) is 7. The van der Waals surface area contributed by atoms with E-state index < -0.39 is 23.9 Å². The molecule has 0 fully saturated rings. The molecular formula is C48H85Br2N5O14. The van der Waals surface area contributed by atoms with Gasteiger partial charge in [0.05, 0.1) is 63.5 Å². The summed E-state index contributed by atoms with van der Waals surface area (Å²) in [5.74, 6) is -3.33. The number of ether oxygens (including phenoxy) is 4. The summed E-state index contributed by atoms with van der Waals surface area (Å²) in [5.41, 5.74) is 0. The number of carbonyl (C=O) groups is 8. The standard InChI is InChI=1S/C48H85Br2N5O14/c49-37-40(56)36-39(18-17-25-52-45(60)38-50)47(63)54-27-31-69-35-33-67-29-23-43(58)53-26-30-68-34-32-66-28-22-42(57)51-24-16-15-19-41(48(64)65)55-44(59)20-13-11-9-7-5-3-1-2-4-6-8-10-12-14-21-46(61)62/h39,41H,1-38H2,(H,51,57)(H,52,60)(H,53,58)(H,54,63)(H,55,59)(H,61,62)(H,64,65)/t39-,41?/m1/s1. The summed E-state index contributed by atoms with van der Waals surface area (Å²) in [6.07, 6.45) is 18.7. The molecule has 0 spiro atoms. The monoisotopic (exact) mass is 1110 g/mol. The van der Waals surface area contributed by atoms with E-state index in [2.05, 4.69) is 58.4 Å². The Morgan fingerprint density at radius 1 is 0.406 bits per heavy atom. The molecule has 19 nitrogen and oxygen atoms in total. The zero-order chi connectivity index (χ0) is 51.0. The molecule has 0 aliphatic carbocycles. The Kier molecular flexibility index (Phi) is 46.1. The topological polar surface area (TPSA) is 274 Å². The van der Waals surface area contributed by atoms with Crippen LogP contribution in [0.3, 0.4) is 0 Å². The van der Waals surface area contributed by atoms with Crippen LogP contribution >= 0.6 is 31.9 Å². The number of ketones is 1. The number of aliphatic carboxylic acids is 2. The van der Waals surface area contributed by atoms with Gasteiger partial charge in [0.15, 0.2) is 0 Å². The molecule has 0 radical (unpaired) electrons. The smallest absolute Gasteiger partial charge is 0.326 e. The van der Waals surface area contributed by atoms with Crippen LogP contribution in [0, 0.1) is 5.92 Å². The molecule has 2 atom stereocenters. The van der Waals surface area contributed by atoms with Gasteiger partial charge in [0, 0.05) is 64.2 Å². The number of carbonyl (C=O) groups excluding carboxylic acids is 6. The summed E-state index contributed by atoms with van der Waals surface area (Å²) in [7, 11) is 0. The van der Waals surface area contributed by atoms with Crippen LogP contribution in [0.25, 0.3) is 0 Å². The van der Waals surface area contributed by atoms with Gasteiger partial charge < -0.3 is 55.7 Å². The van der Waals surface area contributed by atoms with Crippen LogP contribution in [-0.2, 0) is 57.3 Å². The second kappa shape index (κ2) is 48.4. The molecule has 0 aliphatic heterocycles. The average Bonchev–Trinajstić information content (AvgIpc) is 3.32. The summed E-state index contributed by atoms with van der Waals surface area (Å²) in [4.78, 5) is 94.7. The fourth-order valence-corrected chi connectivity index (χ4v) is 7.42. The highest BCUT2D eigenvalue weighted by Gasteiger charge is 2.21. The summed E-state index contributed by atoms with van der Waals surface area (Å²) in [6, 6.07) is -0.953. The van der Waals surface area contributed by atoms with Crippen molar-refractivity contribution in [3.63, 3.8) is 0 Å². The van der Waals surface area contributed by atoms with Crippen LogP contribution in [0.15, 0.2) is 0 Å². The normalized spacial score (nSPS) is 11.9. The maximum atomic E-state index is 12.6. The number of unbranched alkanes of at least 4 members (excludes halogenated alkanes) is 14. The van der Waals surface area contributed by atoms with Crippen LogP contribution in [0.4, 0.5) is 0 Å². The first kappa shape index (κ1) is 65.8. The predicted octanol–water partition coefficient (Wildman–Crippen LogP) is 5.51. The molecule has 0 saturated carbocycles. The molecule has 0 saturated heterocycles. The van der Waals surface area contributed by atoms with Gasteiger partial charge in [0.25, 0.3) is 0 Å². The van der Waals surface area contributed by atoms with Gasteiger partial charge in [-0.2, -0.15) is 0 Å². The molecule has 21 heteroatoms. The van der Waals surface area contributed by atoms with Crippen molar-refractivity contribution < 1.29 is 67.5 Å². The molecule has 0 aromatic carbocycles. The number of rotatable bonds is 51. The number of carboxylic acid groups (broad SMARTS) is 2. The summed E-state index contributed by atoms with van der Waals surface area (Å²) in [6.45, 7) is 3.53. The molecule has 7 N–H and O–H groups in total. The molecule has 0 rings (SSSR count). The van der Waals surface area contributed by atoms with Crippen molar-refractivity contribution in [1.82, 2.24) is 26.6 Å². The van der Waals surface area contributed by atoms with Gasteiger partial charge in [-0.15, -0.1) is 0 Å². The minimum absolute atomic E-state index is 0.0736. The summed E-state index contributed by atoms with van der Waals surface area (Å²) >= 11 is 6.21. The number of carboxylic acids is 2. The number of Topliss-reactive ketones (excluding diaryl/α,β-unsaturated/α-hetero) is 1. The maximum Gasteiger partial charge on any atom is 0.326 e. The van der Waals surface area contributed by atoms with Crippen LogP contribution < -0.4 is 26.6 Å². The predicted molar refractivity (Wildman–Crippen MR) is 269 cm³/mol. The average molecular weight is 1120 g/mol. The largest absolute Gasteiger partial charge is 0.481 e. The molecule has 0 bridgehead atoms. The number of amides is 5. The lowest BCUT2D eigenvalue weighted by atomic mass is 9.96. The van der Waals surface area contributed by atoms with Crippen molar-refractivity contribution in [2.75, 3.05) is 89.7 Å². The Morgan fingerprint density at radius 3 is 1.35 bits per heavy atom. The Morgan fingerprint density at radius 2 is 0.855 bits per heavy atom. The minimum atomic E-state index is -1.06. The van der Waals surface area contributed by atoms with Gasteiger partial charge in [-0.25, -0.2) is 4.79 Å². The third-order valence-corrected chi connectivity index (χ3v) is 12.0. The number of hydrogen-bond acceptors (Lipinski definition) is 12. The first-order chi connectivity index (χ1) is 33.4. The minimum Gasteiger partial charge on any atom is -0.481 e. The third-order valence-electron chi connectivity index (χ3n) is 10.9. The van der Waals surface area contributed by atoms with Gasteiger partial charge in [-0.3, -0.25) is 33.6 Å². The van der Waals surface area contributed by atoms with E-state index in [1.54, 1.807) is 0 Å². The zero-order valence-electron chi connectivity index (χ0n) is 41.1. The fraction of sp³-hybridized carbons (Fsp3) is 0.833. The van der Waals surface area contributed by atoms with Crippen molar-refractivity contribution in [1.29, 1.82) is 0 Å². The van der Waals surface area contributed by atoms with Crippen molar-refractivity contribution in [3.05, 3.63) is 0 Å². The van der Waals surface area contributed by atoms with E-state index in [0.717, 1.165) is 44.9 Å². The van der Waals surface area contributed by atoms with E-state index in [0.29, 0.717) is 65.0 Å². The molecular weight excluding hydrogens is 1030 g/mol. The molecule has 5 amide bonds. The second-order valence-electron chi connectivity index (χ2n) is 16.9. The van der Waals surface area contributed by atoms with Gasteiger partial charge in [-0.05, 0) is 44.9 Å². The van der Waals surface area contributed by atoms with Crippen molar-refractivity contribution in [3.8, 4) is 0 Å². The van der Waals surface area contributed by atoms with E-state index >= 15 is 0 Å². The molecule has 69 heavy (non-hydrogen) atoms. The summed E-state index contributed by atoms with van der Waals surface area (Å²) < 4.78 is 21.8. The van der Waals surface area contributed by atoms with Crippen LogP contribution in [0.5, 0.6) is 0 Å². The lowest BCUT2D eigenvalue weighted by molar-refractivity contribution is -0.142. The summed E-state index contributed by atoms with van der Waals surface area (Å²) in [5, 5.41) is 32.3. The molecule has 0 aliphatic rings. The van der Waals surface area contributed by atoms with E-state index in [9.17, 15) is 43.5 Å². The van der Waals surface area contributed by atoms with Gasteiger partial charge in [0.1, 0.15) is 11.8 Å². The van der Waals surface area contributed by atoms with Gasteiger partial charge in [-0.1, -0.05) is 109 Å². The SMILES string of the molecule is O=C(O)CCCCCCCCCCCCCCCCC(=O)NC(CCCCNC(=O)CCOCCOCCNC(=O)CCOCCOCCNC(=O)[C@H](CCCNC(=O)CBr)CC(=O)CBr)C(=O)O. The van der Waals surface area contributed by atoms with E-state index in [-0.39, 0.29) is 124 Å². The van der Waals surface area contributed by atoms with E-state index in [1.807, 2.05) is 0 Å². The molecule has 0 aromatic heterocycles. The lowest BCUT2D eigenvalue weighted by Gasteiger charge is -2.16. The quantitative estimate of drug-likeness (QED) is 0.0293. The molecule has 1 unspecified atom stereocenters. The number of alkyl halides is 2. The van der Waals surface area contributed by atoms with Crippen molar-refractivity contribution >= 4 is 79.1 Å². The highest BCUT2D eigenvalue weighted by atomic mass is 79.9. The third kappa shape index (κ3) is 45.6. The maximum absolute atomic E-state index is 12.6. The van der Waals surface area contributed by atoms with Crippen LogP contribution in [0.2, 0.25) is 0 Å². The highest BCUT2D eigenvalue weighted by molar-refractivity contribution is 9.09. The number of halogens is 2. The second-order valence-corrected chi connectivity index (χ2v) is 18.1. The Labute approximate surface area is 427 Å². The molecule has 0 aromatic rings. The van der Waals surface area contributed by atoms with Crippen molar-refractivity contribution in [2.24, 2.45) is 5.92 Å². The number of nitrogens with one attached hydrogen (secondary N) is 5. The molecule has 400 valence electrons. The zero-order valence-corrected chi connectivity index (χ0v) is 44.2. The van der Waals surface area contributed by atoms with Gasteiger partial charge >= 0.3 is 11.9 Å². The van der Waals surface area contributed by atoms with Crippen LogP contribution in [0.1, 0.15) is 154 Å². The van der Waals surface area contributed by atoms with Crippen molar-refractivity contribution in [2.45, 2.75) is 160 Å². The molecule has 0 heterocycles. The van der Waals surface area contributed by atoms with Crippen LogP contribution in [-0.4, -0.2) is 153 Å². The lowest BCUT2D eigenvalue weighted by Crippen LogP contribution is -2.40. The highest BCUT2D eigenvalue weighted by Crippen LogP contribution is 2.15. The first-order valence-electron chi connectivity index (χ1n) is 25.2. The Hall–Kier alpha value is -3.24. The Balaban J connectivity index is 3.71. The van der Waals surface area contributed by atoms with E-state index in [4.69, 9.17) is 24.1 Å². The Bertz CT molecular complexity index is 1400.